The van der Waals surface area contributed by atoms with Gasteiger partial charge in [-0.05, 0) is 35.4 Å². The zero-order valence-corrected chi connectivity index (χ0v) is 13.0. The van der Waals surface area contributed by atoms with Crippen molar-refractivity contribution in [2.24, 2.45) is 0 Å². The average Bonchev–Trinajstić information content (AvgIpc) is 2.40. The lowest BCUT2D eigenvalue weighted by atomic mass is 10.0. The van der Waals surface area contributed by atoms with Gasteiger partial charge in [-0.25, -0.2) is 0 Å². The summed E-state index contributed by atoms with van der Waals surface area (Å²) in [5.74, 6) is 0. The van der Waals surface area contributed by atoms with E-state index in [0.29, 0.717) is 21.2 Å². The maximum absolute atomic E-state index is 12.7. The second-order valence-electron chi connectivity index (χ2n) is 4.15. The lowest BCUT2D eigenvalue weighted by Crippen LogP contribution is -2.06. The molecule has 1 unspecified atom stereocenters. The smallest absolute Gasteiger partial charge is 0.166 e. The van der Waals surface area contributed by atoms with Crippen LogP contribution in [0.3, 0.4) is 0 Å². The van der Waals surface area contributed by atoms with Gasteiger partial charge < -0.3 is 0 Å². The van der Waals surface area contributed by atoms with Crippen molar-refractivity contribution < 1.29 is 13.2 Å². The standard InChI is InChI=1S/C14H8BrCl2F3/c15-13(11-7-10(16)4-5-12(11)17)8-2-1-3-9(6-8)14(18,19)20/h1-7,13H. The molecule has 0 saturated heterocycles. The van der Waals surface area contributed by atoms with E-state index in [-0.39, 0.29) is 0 Å². The Morgan fingerprint density at radius 3 is 2.35 bits per heavy atom. The van der Waals surface area contributed by atoms with Crippen LogP contribution in [0.4, 0.5) is 13.2 Å². The van der Waals surface area contributed by atoms with Crippen LogP contribution in [-0.4, -0.2) is 0 Å². The van der Waals surface area contributed by atoms with E-state index >= 15 is 0 Å². The summed E-state index contributed by atoms with van der Waals surface area (Å²) in [6.45, 7) is 0. The maximum atomic E-state index is 12.7. The van der Waals surface area contributed by atoms with Crippen LogP contribution in [0, 0.1) is 0 Å². The van der Waals surface area contributed by atoms with E-state index in [1.54, 1.807) is 24.3 Å². The zero-order valence-electron chi connectivity index (χ0n) is 9.89. The van der Waals surface area contributed by atoms with Crippen LogP contribution in [0.25, 0.3) is 0 Å². The highest BCUT2D eigenvalue weighted by atomic mass is 79.9. The molecule has 2 aromatic carbocycles. The van der Waals surface area contributed by atoms with Crippen LogP contribution in [-0.2, 0) is 6.18 Å². The Labute approximate surface area is 132 Å². The van der Waals surface area contributed by atoms with Gasteiger partial charge >= 0.3 is 6.18 Å². The van der Waals surface area contributed by atoms with Gasteiger partial charge in [-0.2, -0.15) is 13.2 Å². The first-order valence-corrected chi connectivity index (χ1v) is 7.22. The molecule has 0 aliphatic heterocycles. The molecule has 0 bridgehead atoms. The zero-order chi connectivity index (χ0) is 14.9. The summed E-state index contributed by atoms with van der Waals surface area (Å²) in [5.41, 5.74) is 0.389. The molecule has 0 fully saturated rings. The predicted molar refractivity (Wildman–Crippen MR) is 78.7 cm³/mol. The fourth-order valence-corrected chi connectivity index (χ4v) is 2.96. The Bertz CT molecular complexity index is 626. The summed E-state index contributed by atoms with van der Waals surface area (Å²) in [7, 11) is 0. The Morgan fingerprint density at radius 1 is 1.00 bits per heavy atom. The minimum Gasteiger partial charge on any atom is -0.166 e. The number of hydrogen-bond acceptors (Lipinski definition) is 0. The molecular formula is C14H8BrCl2F3. The molecule has 2 rings (SSSR count). The molecule has 1 atom stereocenters. The van der Waals surface area contributed by atoms with Crippen molar-refractivity contribution in [3.63, 3.8) is 0 Å². The second kappa shape index (κ2) is 5.96. The molecule has 0 heterocycles. The lowest BCUT2D eigenvalue weighted by molar-refractivity contribution is -0.137. The minimum atomic E-state index is -4.37. The third-order valence-electron chi connectivity index (χ3n) is 2.74. The molecule has 0 amide bonds. The van der Waals surface area contributed by atoms with Gasteiger partial charge in [0, 0.05) is 10.0 Å². The van der Waals surface area contributed by atoms with Gasteiger partial charge in [0.05, 0.1) is 10.4 Å². The summed E-state index contributed by atoms with van der Waals surface area (Å²) < 4.78 is 38.1. The molecule has 20 heavy (non-hydrogen) atoms. The van der Waals surface area contributed by atoms with Gasteiger partial charge in [0.1, 0.15) is 0 Å². The van der Waals surface area contributed by atoms with Crippen LogP contribution in [0.15, 0.2) is 42.5 Å². The molecule has 0 N–H and O–H groups in total. The Balaban J connectivity index is 2.43. The number of hydrogen-bond donors (Lipinski definition) is 0. The third-order valence-corrected chi connectivity index (χ3v) is 4.34. The van der Waals surface area contributed by atoms with Crippen LogP contribution < -0.4 is 0 Å². The monoisotopic (exact) mass is 382 g/mol. The van der Waals surface area contributed by atoms with Crippen LogP contribution in [0.5, 0.6) is 0 Å². The van der Waals surface area contributed by atoms with Crippen LogP contribution in [0.2, 0.25) is 10.0 Å². The van der Waals surface area contributed by atoms with Gasteiger partial charge in [-0.1, -0.05) is 57.3 Å². The van der Waals surface area contributed by atoms with Crippen molar-refractivity contribution in [1.82, 2.24) is 0 Å². The Hall–Kier alpha value is -0.710. The molecule has 0 aromatic heterocycles. The maximum Gasteiger partial charge on any atom is 0.416 e. The number of alkyl halides is 4. The van der Waals surface area contributed by atoms with E-state index in [9.17, 15) is 13.2 Å². The van der Waals surface area contributed by atoms with Gasteiger partial charge in [0.25, 0.3) is 0 Å². The quantitative estimate of drug-likeness (QED) is 0.519. The lowest BCUT2D eigenvalue weighted by Gasteiger charge is -2.15. The second-order valence-corrected chi connectivity index (χ2v) is 5.91. The molecule has 0 aliphatic carbocycles. The SMILES string of the molecule is FC(F)(F)c1cccc(C(Br)c2cc(Cl)ccc2Cl)c1. The number of rotatable bonds is 2. The molecule has 0 aliphatic rings. The highest BCUT2D eigenvalue weighted by molar-refractivity contribution is 9.09. The van der Waals surface area contributed by atoms with E-state index in [1.165, 1.54) is 6.07 Å². The van der Waals surface area contributed by atoms with E-state index in [1.807, 2.05) is 0 Å². The molecule has 0 saturated carbocycles. The number of benzene rings is 2. The molecule has 0 spiro atoms. The highest BCUT2D eigenvalue weighted by Gasteiger charge is 2.31. The van der Waals surface area contributed by atoms with Crippen molar-refractivity contribution in [3.8, 4) is 0 Å². The van der Waals surface area contributed by atoms with Crippen molar-refractivity contribution in [2.45, 2.75) is 11.0 Å². The van der Waals surface area contributed by atoms with Gasteiger partial charge in [0.15, 0.2) is 0 Å². The largest absolute Gasteiger partial charge is 0.416 e. The van der Waals surface area contributed by atoms with E-state index in [4.69, 9.17) is 23.2 Å². The molecule has 0 nitrogen and oxygen atoms in total. The van der Waals surface area contributed by atoms with Crippen molar-refractivity contribution in [2.75, 3.05) is 0 Å². The van der Waals surface area contributed by atoms with Gasteiger partial charge in [0.2, 0.25) is 0 Å². The first-order valence-electron chi connectivity index (χ1n) is 5.55. The molecule has 2 aromatic rings. The molecule has 6 heteroatoms. The fourth-order valence-electron chi connectivity index (χ4n) is 1.76. The normalized spacial score (nSPS) is 13.3. The fraction of sp³-hybridized carbons (Fsp3) is 0.143. The summed E-state index contributed by atoms with van der Waals surface area (Å²) in [6, 6.07) is 9.96. The van der Waals surface area contributed by atoms with E-state index in [0.717, 1.165) is 12.1 Å². The Kier molecular flexibility index (Phi) is 4.67. The highest BCUT2D eigenvalue weighted by Crippen LogP contribution is 2.38. The predicted octanol–water partition coefficient (Wildman–Crippen LogP) is 6.50. The summed E-state index contributed by atoms with van der Waals surface area (Å²) in [5, 5.41) is 0.912. The molecular weight excluding hydrogens is 376 g/mol. The topological polar surface area (TPSA) is 0 Å². The first kappa shape index (κ1) is 15.7. The van der Waals surface area contributed by atoms with Crippen molar-refractivity contribution >= 4 is 39.1 Å². The Morgan fingerprint density at radius 2 is 1.70 bits per heavy atom. The first-order chi connectivity index (χ1) is 9.29. The molecule has 0 radical (unpaired) electrons. The van der Waals surface area contributed by atoms with Crippen LogP contribution >= 0.6 is 39.1 Å². The average molecular weight is 384 g/mol. The van der Waals surface area contributed by atoms with E-state index in [2.05, 4.69) is 15.9 Å². The molecule has 106 valence electrons. The third kappa shape index (κ3) is 3.48. The summed E-state index contributed by atoms with van der Waals surface area (Å²) in [6.07, 6.45) is -4.37. The van der Waals surface area contributed by atoms with Crippen molar-refractivity contribution in [1.29, 1.82) is 0 Å². The summed E-state index contributed by atoms with van der Waals surface area (Å²) in [4.78, 5) is -0.462. The number of halogens is 6. The van der Waals surface area contributed by atoms with Crippen LogP contribution in [0.1, 0.15) is 21.5 Å². The minimum absolute atomic E-state index is 0.439. The van der Waals surface area contributed by atoms with E-state index < -0.39 is 16.6 Å². The van der Waals surface area contributed by atoms with Gasteiger partial charge in [-0.3, -0.25) is 0 Å². The van der Waals surface area contributed by atoms with Crippen molar-refractivity contribution in [3.05, 3.63) is 69.2 Å². The van der Waals surface area contributed by atoms with Gasteiger partial charge in [-0.15, -0.1) is 0 Å². The summed E-state index contributed by atoms with van der Waals surface area (Å²) >= 11 is 15.3.